The molecule has 228 valence electrons. The van der Waals surface area contributed by atoms with Crippen LogP contribution in [0, 0.1) is 6.92 Å². The van der Waals surface area contributed by atoms with Crippen molar-refractivity contribution in [1.82, 2.24) is 45.3 Å². The first kappa shape index (κ1) is 30.0. The number of tetrazole rings is 1. The van der Waals surface area contributed by atoms with Gasteiger partial charge in [-0.3, -0.25) is 14.5 Å². The lowest BCUT2D eigenvalue weighted by molar-refractivity contribution is -0.137. The first-order valence-electron chi connectivity index (χ1n) is 14.6. The summed E-state index contributed by atoms with van der Waals surface area (Å²) < 4.78 is 1.48. The van der Waals surface area contributed by atoms with Gasteiger partial charge >= 0.3 is 0 Å². The fourth-order valence-corrected chi connectivity index (χ4v) is 6.57. The van der Waals surface area contributed by atoms with Gasteiger partial charge in [0.05, 0.1) is 18.2 Å². The highest BCUT2D eigenvalue weighted by Crippen LogP contribution is 2.31. The van der Waals surface area contributed by atoms with E-state index in [1.54, 1.807) is 24.3 Å². The molecule has 2 unspecified atom stereocenters. The van der Waals surface area contributed by atoms with Gasteiger partial charge in [0.2, 0.25) is 11.8 Å². The smallest absolute Gasteiger partial charge is 0.244 e. The van der Waals surface area contributed by atoms with Crippen molar-refractivity contribution in [3.63, 3.8) is 0 Å². The Morgan fingerprint density at radius 2 is 1.95 bits per heavy atom. The number of aryl methyl sites for hydroxylation is 1. The number of fused-ring (bicyclic) bond motifs is 1. The molecule has 4 heterocycles. The molecule has 4 aromatic rings. The van der Waals surface area contributed by atoms with Crippen LogP contribution < -0.4 is 5.32 Å². The van der Waals surface area contributed by atoms with Gasteiger partial charge in [0.25, 0.3) is 0 Å². The molecule has 0 spiro atoms. The van der Waals surface area contributed by atoms with Crippen LogP contribution in [0.3, 0.4) is 0 Å². The van der Waals surface area contributed by atoms with E-state index in [4.69, 9.17) is 28.2 Å². The molecule has 2 saturated heterocycles. The number of imidazole rings is 1. The van der Waals surface area contributed by atoms with E-state index in [-0.39, 0.29) is 18.4 Å². The van der Waals surface area contributed by atoms with E-state index in [1.165, 1.54) is 17.1 Å². The summed E-state index contributed by atoms with van der Waals surface area (Å²) in [5.74, 6) is -0.0491. The van der Waals surface area contributed by atoms with Crippen molar-refractivity contribution in [1.29, 1.82) is 0 Å². The average Bonchev–Trinajstić information content (AvgIpc) is 3.78. The minimum Gasteiger partial charge on any atom is -0.342 e. The zero-order valence-electron chi connectivity index (χ0n) is 24.5. The molecule has 2 N–H and O–H groups in total. The number of benzene rings is 2. The topological polar surface area (TPSA) is 125 Å². The van der Waals surface area contributed by atoms with Gasteiger partial charge in [0.1, 0.15) is 23.0 Å². The number of rotatable bonds is 8. The molecular weight excluding hydrogens is 601 g/mol. The van der Waals surface area contributed by atoms with Crippen molar-refractivity contribution in [2.45, 2.75) is 51.2 Å². The SMILES string of the molecule is Cc1ccc(-c2nc([C@H](CC(=O)N3CCN4CCCC4C3C)NC(=O)/C=C/c3cc(Cl)ccc3-n3cnnn3)[nH]c2Cl)cc1. The Kier molecular flexibility index (Phi) is 8.79. The highest BCUT2D eigenvalue weighted by molar-refractivity contribution is 6.32. The number of aromatic nitrogens is 6. The van der Waals surface area contributed by atoms with E-state index < -0.39 is 11.9 Å². The molecule has 2 aliphatic rings. The quantitative estimate of drug-likeness (QED) is 0.271. The lowest BCUT2D eigenvalue weighted by atomic mass is 10.0. The van der Waals surface area contributed by atoms with Crippen LogP contribution in [0.15, 0.2) is 54.9 Å². The molecule has 13 heteroatoms. The minimum absolute atomic E-state index is 0.0286. The van der Waals surface area contributed by atoms with Crippen molar-refractivity contribution < 1.29 is 9.59 Å². The van der Waals surface area contributed by atoms with E-state index in [0.29, 0.717) is 45.5 Å². The van der Waals surface area contributed by atoms with Gasteiger partial charge in [-0.2, -0.15) is 4.68 Å². The predicted molar refractivity (Wildman–Crippen MR) is 168 cm³/mol. The van der Waals surface area contributed by atoms with Gasteiger partial charge in [-0.05, 0) is 67.9 Å². The summed E-state index contributed by atoms with van der Waals surface area (Å²) in [5.41, 5.74) is 3.79. The fraction of sp³-hybridized carbons (Fsp3) is 0.355. The largest absolute Gasteiger partial charge is 0.342 e. The van der Waals surface area contributed by atoms with Crippen LogP contribution in [-0.2, 0) is 9.59 Å². The van der Waals surface area contributed by atoms with Crippen LogP contribution in [0.1, 0.15) is 49.2 Å². The molecular formula is C31H33Cl2N9O2. The second-order valence-electron chi connectivity index (χ2n) is 11.3. The maximum atomic E-state index is 13.8. The van der Waals surface area contributed by atoms with Crippen LogP contribution in [0.25, 0.3) is 23.0 Å². The normalized spacial score (nSPS) is 19.3. The van der Waals surface area contributed by atoms with E-state index in [1.807, 2.05) is 36.1 Å². The fourth-order valence-electron chi connectivity index (χ4n) is 6.14. The first-order chi connectivity index (χ1) is 21.3. The van der Waals surface area contributed by atoms with Crippen LogP contribution in [-0.4, -0.2) is 83.5 Å². The molecule has 2 aliphatic heterocycles. The monoisotopic (exact) mass is 633 g/mol. The Hall–Kier alpha value is -4.06. The number of nitrogens with one attached hydrogen (secondary N) is 2. The van der Waals surface area contributed by atoms with E-state index in [9.17, 15) is 9.59 Å². The number of halogens is 2. The number of amides is 2. The second kappa shape index (κ2) is 12.9. The molecule has 0 bridgehead atoms. The highest BCUT2D eigenvalue weighted by atomic mass is 35.5. The van der Waals surface area contributed by atoms with Gasteiger partial charge in [-0.25, -0.2) is 4.98 Å². The van der Waals surface area contributed by atoms with Gasteiger partial charge in [-0.1, -0.05) is 53.0 Å². The third-order valence-electron chi connectivity index (χ3n) is 8.44. The second-order valence-corrected chi connectivity index (χ2v) is 12.1. The number of hydrogen-bond acceptors (Lipinski definition) is 7. The molecule has 2 fully saturated rings. The van der Waals surface area contributed by atoms with Crippen LogP contribution in [0.5, 0.6) is 0 Å². The summed E-state index contributed by atoms with van der Waals surface area (Å²) in [6, 6.07) is 12.8. The summed E-state index contributed by atoms with van der Waals surface area (Å²) in [4.78, 5) is 39.4. The van der Waals surface area contributed by atoms with Crippen molar-refractivity contribution >= 4 is 41.1 Å². The third-order valence-corrected chi connectivity index (χ3v) is 8.95. The molecule has 6 rings (SSSR count). The van der Waals surface area contributed by atoms with Crippen molar-refractivity contribution in [3.05, 3.63) is 82.0 Å². The number of carbonyl (C=O) groups is 2. The molecule has 2 aromatic carbocycles. The number of carbonyl (C=O) groups excluding carboxylic acids is 2. The number of nitrogens with zero attached hydrogens (tertiary/aromatic N) is 7. The zero-order valence-corrected chi connectivity index (χ0v) is 26.0. The molecule has 2 amide bonds. The van der Waals surface area contributed by atoms with Gasteiger partial charge in [0, 0.05) is 47.4 Å². The Bertz CT molecular complexity index is 1670. The van der Waals surface area contributed by atoms with Crippen LogP contribution in [0.4, 0.5) is 0 Å². The maximum Gasteiger partial charge on any atom is 0.244 e. The Balaban J connectivity index is 1.26. The lowest BCUT2D eigenvalue weighted by Crippen LogP contribution is -2.58. The van der Waals surface area contributed by atoms with Crippen LogP contribution >= 0.6 is 23.2 Å². The van der Waals surface area contributed by atoms with Gasteiger partial charge < -0.3 is 15.2 Å². The van der Waals surface area contributed by atoms with Crippen molar-refractivity contribution in [3.8, 4) is 16.9 Å². The number of aromatic amines is 1. The minimum atomic E-state index is -0.747. The van der Waals surface area contributed by atoms with E-state index in [0.717, 1.165) is 37.1 Å². The molecule has 0 radical (unpaired) electrons. The molecule has 0 saturated carbocycles. The average molecular weight is 635 g/mol. The predicted octanol–water partition coefficient (Wildman–Crippen LogP) is 4.62. The lowest BCUT2D eigenvalue weighted by Gasteiger charge is -2.43. The Morgan fingerprint density at radius 1 is 1.14 bits per heavy atom. The zero-order chi connectivity index (χ0) is 30.8. The Morgan fingerprint density at radius 3 is 2.73 bits per heavy atom. The number of H-pyrrole nitrogens is 1. The summed E-state index contributed by atoms with van der Waals surface area (Å²) in [6.45, 7) is 6.71. The molecule has 11 nitrogen and oxygen atoms in total. The molecule has 44 heavy (non-hydrogen) atoms. The van der Waals surface area contributed by atoms with Crippen molar-refractivity contribution in [2.75, 3.05) is 19.6 Å². The van der Waals surface area contributed by atoms with Gasteiger partial charge in [-0.15, -0.1) is 5.10 Å². The number of piperazine rings is 1. The molecule has 3 atom stereocenters. The third kappa shape index (κ3) is 6.40. The highest BCUT2D eigenvalue weighted by Gasteiger charge is 2.39. The summed E-state index contributed by atoms with van der Waals surface area (Å²) in [5, 5.41) is 15.1. The first-order valence-corrected chi connectivity index (χ1v) is 15.4. The number of hydrogen-bond donors (Lipinski definition) is 2. The van der Waals surface area contributed by atoms with Gasteiger partial charge in [0.15, 0.2) is 0 Å². The van der Waals surface area contributed by atoms with E-state index in [2.05, 4.69) is 37.6 Å². The van der Waals surface area contributed by atoms with Crippen LogP contribution in [0.2, 0.25) is 10.2 Å². The van der Waals surface area contributed by atoms with Crippen molar-refractivity contribution in [2.24, 2.45) is 0 Å². The Labute approximate surface area is 265 Å². The summed E-state index contributed by atoms with van der Waals surface area (Å²) in [7, 11) is 0. The maximum absolute atomic E-state index is 13.8. The summed E-state index contributed by atoms with van der Waals surface area (Å²) in [6.07, 6.45) is 6.74. The van der Waals surface area contributed by atoms with E-state index >= 15 is 0 Å². The molecule has 0 aliphatic carbocycles. The molecule has 2 aromatic heterocycles. The standard InChI is InChI=1S/C31H33Cl2N9O2/c1-19-5-7-21(8-6-19)29-30(33)37-31(36-29)24(17-28(44)41-15-14-40-13-3-4-25(40)20(41)2)35-27(43)12-9-22-16-23(32)10-11-26(22)42-18-34-38-39-42/h5-12,16,18,20,24-25H,3-4,13-15,17H2,1-2H3,(H,35,43)(H,36,37)/b12-9+/t20?,24-,25?/m0/s1. The summed E-state index contributed by atoms with van der Waals surface area (Å²) >= 11 is 12.9.